The van der Waals surface area contributed by atoms with E-state index in [2.05, 4.69) is 11.9 Å². The molecular formula is C15H22N5O4P. The summed E-state index contributed by atoms with van der Waals surface area (Å²) in [5.74, 6) is 1.06. The van der Waals surface area contributed by atoms with Crippen LogP contribution in [0, 0.1) is 22.0 Å². The van der Waals surface area contributed by atoms with Crippen LogP contribution in [0.4, 0.5) is 5.82 Å². The van der Waals surface area contributed by atoms with Gasteiger partial charge < -0.3 is 10.1 Å². The Morgan fingerprint density at radius 2 is 1.96 bits per heavy atom. The van der Waals surface area contributed by atoms with E-state index in [9.17, 15) is 14.7 Å². The molecule has 0 spiro atoms. The summed E-state index contributed by atoms with van der Waals surface area (Å²) in [6, 6.07) is 0.106. The predicted octanol–water partition coefficient (Wildman–Crippen LogP) is 2.58. The van der Waals surface area contributed by atoms with Gasteiger partial charge in [0.15, 0.2) is 6.10 Å². The van der Waals surface area contributed by atoms with Crippen LogP contribution >= 0.6 is 7.67 Å². The summed E-state index contributed by atoms with van der Waals surface area (Å²) >= 11 is 0. The lowest BCUT2D eigenvalue weighted by molar-refractivity contribution is -0.393. The molecule has 0 bridgehead atoms. The number of nitro groups is 1. The lowest BCUT2D eigenvalue weighted by atomic mass is 9.82. The molecule has 0 N–H and O–H groups in total. The Balaban J connectivity index is 1.56. The first-order valence-corrected chi connectivity index (χ1v) is 10.5. The molecule has 4 aliphatic rings. The third-order valence-corrected chi connectivity index (χ3v) is 8.81. The van der Waals surface area contributed by atoms with E-state index in [0.29, 0.717) is 11.7 Å². The van der Waals surface area contributed by atoms with E-state index >= 15 is 0 Å². The van der Waals surface area contributed by atoms with Crippen LogP contribution in [0.1, 0.15) is 44.2 Å². The van der Waals surface area contributed by atoms with Crippen molar-refractivity contribution in [3.8, 4) is 0 Å². The van der Waals surface area contributed by atoms with Gasteiger partial charge in [0.1, 0.15) is 12.2 Å². The van der Waals surface area contributed by atoms with Crippen molar-refractivity contribution < 1.29 is 14.0 Å². The van der Waals surface area contributed by atoms with E-state index in [1.807, 2.05) is 9.34 Å². The second kappa shape index (κ2) is 5.36. The molecule has 25 heavy (non-hydrogen) atoms. The lowest BCUT2D eigenvalue weighted by Crippen LogP contribution is -2.35. The summed E-state index contributed by atoms with van der Waals surface area (Å²) in [6.07, 6.45) is 3.88. The Morgan fingerprint density at radius 3 is 2.56 bits per heavy atom. The topological polar surface area (TPSA) is 93.3 Å². The summed E-state index contributed by atoms with van der Waals surface area (Å²) in [5.41, 5.74) is 0. The minimum atomic E-state index is -3.01. The van der Waals surface area contributed by atoms with Crippen LogP contribution in [0.2, 0.25) is 0 Å². The highest BCUT2D eigenvalue weighted by molar-refractivity contribution is 7.54. The van der Waals surface area contributed by atoms with Crippen molar-refractivity contribution in [1.29, 1.82) is 0 Å². The fraction of sp³-hybridized carbons (Fsp3) is 0.800. The van der Waals surface area contributed by atoms with Crippen molar-refractivity contribution in [2.75, 3.05) is 26.2 Å². The molecule has 4 atom stereocenters. The molecule has 1 aromatic heterocycles. The average molecular weight is 367 g/mol. The zero-order chi connectivity index (χ0) is 17.3. The number of rotatable bonds is 5. The summed E-state index contributed by atoms with van der Waals surface area (Å²) in [5, 5.41) is 11.5. The monoisotopic (exact) mass is 367 g/mol. The van der Waals surface area contributed by atoms with E-state index < -0.39 is 13.8 Å². The van der Waals surface area contributed by atoms with Gasteiger partial charge in [-0.3, -0.25) is 9.09 Å². The van der Waals surface area contributed by atoms with Gasteiger partial charge in [-0.1, -0.05) is 6.92 Å². The Labute approximate surface area is 145 Å². The van der Waals surface area contributed by atoms with E-state index in [4.69, 9.17) is 4.52 Å². The zero-order valence-electron chi connectivity index (χ0n) is 14.2. The number of imidazole rings is 1. The molecule has 1 saturated carbocycles. The SMILES string of the molecule is CC1C(OP(=O)(N2CC2)N2CC2)c2ncc([N+](=O)[O-])n2C2CCCC12. The van der Waals surface area contributed by atoms with Crippen molar-refractivity contribution in [1.82, 2.24) is 18.9 Å². The standard InChI is InChI=1S/C15H22N5O4P/c1-10-11-3-2-4-12(11)19-13(20(21)22)9-16-15(19)14(10)24-25(23,17-5-6-17)18-7-8-18/h9-12,14H,2-8H2,1H3. The smallest absolute Gasteiger partial charge is 0.347 e. The molecule has 3 aliphatic heterocycles. The quantitative estimate of drug-likeness (QED) is 0.342. The molecule has 4 heterocycles. The fourth-order valence-electron chi connectivity index (χ4n) is 4.61. The largest absolute Gasteiger partial charge is 0.358 e. The zero-order valence-corrected chi connectivity index (χ0v) is 15.0. The summed E-state index contributed by atoms with van der Waals surface area (Å²) in [4.78, 5) is 15.4. The molecule has 0 amide bonds. The Bertz CT molecular complexity index is 758. The first kappa shape index (κ1) is 15.9. The molecule has 2 saturated heterocycles. The van der Waals surface area contributed by atoms with Gasteiger partial charge >= 0.3 is 13.5 Å². The Hall–Kier alpha value is -1.28. The van der Waals surface area contributed by atoms with Gasteiger partial charge in [0.25, 0.3) is 0 Å². The molecule has 0 radical (unpaired) electrons. The van der Waals surface area contributed by atoms with Crippen LogP contribution in [0.25, 0.3) is 0 Å². The summed E-state index contributed by atoms with van der Waals surface area (Å²) in [6.45, 7) is 5.27. The highest BCUT2D eigenvalue weighted by Crippen LogP contribution is 2.65. The lowest BCUT2D eigenvalue weighted by Gasteiger charge is -2.37. The molecule has 10 heteroatoms. The van der Waals surface area contributed by atoms with Gasteiger partial charge in [0.2, 0.25) is 5.82 Å². The average Bonchev–Trinajstić information content (AvgIpc) is 3.50. The molecule has 0 aromatic carbocycles. The van der Waals surface area contributed by atoms with Crippen LogP contribution in [-0.4, -0.2) is 50.0 Å². The highest BCUT2D eigenvalue weighted by Gasteiger charge is 2.56. The number of aromatic nitrogens is 2. The van der Waals surface area contributed by atoms with Crippen LogP contribution in [-0.2, 0) is 9.09 Å². The minimum absolute atomic E-state index is 0.0284. The molecule has 9 nitrogen and oxygen atoms in total. The maximum atomic E-state index is 13.5. The highest BCUT2D eigenvalue weighted by atomic mass is 31.2. The predicted molar refractivity (Wildman–Crippen MR) is 89.0 cm³/mol. The van der Waals surface area contributed by atoms with Gasteiger partial charge in [-0.25, -0.2) is 18.9 Å². The molecule has 1 aliphatic carbocycles. The summed E-state index contributed by atoms with van der Waals surface area (Å²) < 4.78 is 25.3. The summed E-state index contributed by atoms with van der Waals surface area (Å²) in [7, 11) is -3.01. The molecule has 5 rings (SSSR count). The number of hydrogen-bond donors (Lipinski definition) is 0. The molecular weight excluding hydrogens is 345 g/mol. The second-order valence-electron chi connectivity index (χ2n) is 7.55. The van der Waals surface area contributed by atoms with Crippen molar-refractivity contribution in [2.45, 2.75) is 38.3 Å². The van der Waals surface area contributed by atoms with Crippen LogP contribution in [0.5, 0.6) is 0 Å². The number of nitrogens with zero attached hydrogens (tertiary/aromatic N) is 5. The maximum absolute atomic E-state index is 13.5. The van der Waals surface area contributed by atoms with Crippen molar-refractivity contribution in [3.05, 3.63) is 22.1 Å². The molecule has 3 fully saturated rings. The van der Waals surface area contributed by atoms with Gasteiger partial charge in [-0.2, -0.15) is 0 Å². The van der Waals surface area contributed by atoms with Gasteiger partial charge in [-0.05, 0) is 30.1 Å². The second-order valence-corrected chi connectivity index (χ2v) is 9.87. The van der Waals surface area contributed by atoms with E-state index in [1.165, 1.54) is 6.20 Å². The molecule has 136 valence electrons. The normalized spacial score (nSPS) is 34.6. The van der Waals surface area contributed by atoms with Crippen LogP contribution in [0.15, 0.2) is 6.20 Å². The first-order valence-electron chi connectivity index (χ1n) is 9.01. The number of fused-ring (bicyclic) bond motifs is 3. The van der Waals surface area contributed by atoms with Crippen molar-refractivity contribution in [3.63, 3.8) is 0 Å². The maximum Gasteiger partial charge on any atom is 0.347 e. The van der Waals surface area contributed by atoms with E-state index in [0.717, 1.165) is 45.4 Å². The van der Waals surface area contributed by atoms with Crippen molar-refractivity contribution >= 4 is 13.5 Å². The minimum Gasteiger partial charge on any atom is -0.358 e. The molecule has 1 aromatic rings. The third kappa shape index (κ3) is 2.33. The van der Waals surface area contributed by atoms with Crippen LogP contribution in [0.3, 0.4) is 0 Å². The Morgan fingerprint density at radius 1 is 1.28 bits per heavy atom. The Kier molecular flexibility index (Phi) is 3.42. The van der Waals surface area contributed by atoms with Gasteiger partial charge in [-0.15, -0.1) is 0 Å². The molecule has 4 unspecified atom stereocenters. The third-order valence-electron chi connectivity index (χ3n) is 6.08. The first-order chi connectivity index (χ1) is 12.0. The van der Waals surface area contributed by atoms with Crippen LogP contribution < -0.4 is 0 Å². The van der Waals surface area contributed by atoms with E-state index in [-0.39, 0.29) is 22.7 Å². The van der Waals surface area contributed by atoms with Gasteiger partial charge in [0, 0.05) is 32.1 Å². The number of hydrogen-bond acceptors (Lipinski definition) is 5. The van der Waals surface area contributed by atoms with E-state index in [1.54, 1.807) is 4.57 Å². The fourth-order valence-corrected chi connectivity index (χ4v) is 7.01. The van der Waals surface area contributed by atoms with Gasteiger partial charge in [0.05, 0.1) is 0 Å². The van der Waals surface area contributed by atoms with Crippen molar-refractivity contribution in [2.24, 2.45) is 11.8 Å².